The predicted molar refractivity (Wildman–Crippen MR) is 145 cm³/mol. The van der Waals surface area contributed by atoms with Gasteiger partial charge in [0.05, 0.1) is 35.4 Å². The zero-order valence-electron chi connectivity index (χ0n) is 20.4. The normalized spacial score (nSPS) is 11.9. The van der Waals surface area contributed by atoms with E-state index in [4.69, 9.17) is 21.0 Å². The molecule has 5 rings (SSSR count). The Bertz CT molecular complexity index is 1560. The van der Waals surface area contributed by atoms with Gasteiger partial charge < -0.3 is 9.32 Å². The fraction of sp³-hybridized carbons (Fsp3) is 0.167. The van der Waals surface area contributed by atoms with Gasteiger partial charge in [-0.05, 0) is 67.4 Å². The number of aryl methyl sites for hydroxylation is 1. The Morgan fingerprint density at radius 1 is 0.973 bits per heavy atom. The Labute approximate surface area is 219 Å². The van der Waals surface area contributed by atoms with E-state index in [1.54, 1.807) is 52.1 Å². The van der Waals surface area contributed by atoms with Crippen LogP contribution in [-0.2, 0) is 17.8 Å². The van der Waals surface area contributed by atoms with Crippen LogP contribution in [0.3, 0.4) is 0 Å². The number of halogens is 1. The molecule has 0 saturated heterocycles. The van der Waals surface area contributed by atoms with E-state index in [2.05, 4.69) is 0 Å². The van der Waals surface area contributed by atoms with E-state index < -0.39 is 6.04 Å². The van der Waals surface area contributed by atoms with Crippen LogP contribution in [-0.4, -0.2) is 20.4 Å². The zero-order valence-corrected chi connectivity index (χ0v) is 21.1. The molecule has 0 aliphatic rings. The van der Waals surface area contributed by atoms with Crippen LogP contribution in [0, 0.1) is 0 Å². The third-order valence-electron chi connectivity index (χ3n) is 6.42. The van der Waals surface area contributed by atoms with Crippen molar-refractivity contribution in [3.05, 3.63) is 130 Å². The number of hydrogen-bond donors (Lipinski definition) is 0. The number of rotatable bonds is 8. The average molecular weight is 512 g/mol. The summed E-state index contributed by atoms with van der Waals surface area (Å²) in [5, 5.41) is 1.07. The number of fused-ring (bicyclic) bond motifs is 1. The summed E-state index contributed by atoms with van der Waals surface area (Å²) >= 11 is 6.13. The van der Waals surface area contributed by atoms with Gasteiger partial charge in [-0.1, -0.05) is 54.1 Å². The van der Waals surface area contributed by atoms with E-state index in [1.165, 1.54) is 0 Å². The molecule has 0 aliphatic heterocycles. The van der Waals surface area contributed by atoms with Gasteiger partial charge in [0.15, 0.2) is 0 Å². The molecule has 1 atom stereocenters. The van der Waals surface area contributed by atoms with Crippen LogP contribution in [0.2, 0.25) is 5.02 Å². The molecule has 3 aromatic carbocycles. The number of para-hydroxylation sites is 1. The first-order chi connectivity index (χ1) is 18.0. The Hall–Kier alpha value is -4.16. The molecule has 0 radical (unpaired) electrons. The number of aromatic nitrogens is 2. The number of carbonyl (C=O) groups is 1. The molecule has 7 heteroatoms. The lowest BCUT2D eigenvalue weighted by molar-refractivity contribution is -0.134. The summed E-state index contributed by atoms with van der Waals surface area (Å²) in [7, 11) is 0. The summed E-state index contributed by atoms with van der Waals surface area (Å²) in [6, 6.07) is 27.3. The lowest BCUT2D eigenvalue weighted by Crippen LogP contribution is -2.37. The van der Waals surface area contributed by atoms with Crippen LogP contribution in [0.5, 0.6) is 0 Å². The summed E-state index contributed by atoms with van der Waals surface area (Å²) in [4.78, 5) is 34.0. The number of hydrogen-bond acceptors (Lipinski definition) is 4. The van der Waals surface area contributed by atoms with Gasteiger partial charge in [-0.3, -0.25) is 14.2 Å². The summed E-state index contributed by atoms with van der Waals surface area (Å²) < 4.78 is 7.16. The van der Waals surface area contributed by atoms with Crippen molar-refractivity contribution < 1.29 is 9.21 Å². The van der Waals surface area contributed by atoms with Gasteiger partial charge in [0.1, 0.15) is 11.6 Å². The van der Waals surface area contributed by atoms with Crippen molar-refractivity contribution in [1.82, 2.24) is 14.5 Å². The molecule has 1 unspecified atom stereocenters. The van der Waals surface area contributed by atoms with E-state index in [0.717, 1.165) is 5.56 Å². The van der Waals surface area contributed by atoms with Crippen LogP contribution in [0.1, 0.15) is 36.5 Å². The second-order valence-electron chi connectivity index (χ2n) is 8.87. The quantitative estimate of drug-likeness (QED) is 0.243. The average Bonchev–Trinajstić information content (AvgIpc) is 3.45. The maximum absolute atomic E-state index is 13.7. The van der Waals surface area contributed by atoms with Crippen molar-refractivity contribution in [2.24, 2.45) is 0 Å². The molecule has 0 bridgehead atoms. The molecule has 37 heavy (non-hydrogen) atoms. The highest BCUT2D eigenvalue weighted by Gasteiger charge is 2.27. The summed E-state index contributed by atoms with van der Waals surface area (Å²) in [6.07, 6.45) is 2.51. The molecule has 1 amide bonds. The van der Waals surface area contributed by atoms with Gasteiger partial charge in [-0.25, -0.2) is 4.98 Å². The summed E-state index contributed by atoms with van der Waals surface area (Å²) in [5.74, 6) is 1.06. The molecule has 2 aromatic heterocycles. The van der Waals surface area contributed by atoms with E-state index in [0.29, 0.717) is 46.0 Å². The smallest absolute Gasteiger partial charge is 0.266 e. The number of furan rings is 1. The zero-order chi connectivity index (χ0) is 25.8. The first-order valence-electron chi connectivity index (χ1n) is 12.1. The first kappa shape index (κ1) is 24.5. The van der Waals surface area contributed by atoms with Crippen molar-refractivity contribution in [1.29, 1.82) is 0 Å². The second kappa shape index (κ2) is 10.8. The largest absolute Gasteiger partial charge is 0.467 e. The van der Waals surface area contributed by atoms with Gasteiger partial charge in [0.25, 0.3) is 5.56 Å². The highest BCUT2D eigenvalue weighted by Crippen LogP contribution is 2.26. The fourth-order valence-electron chi connectivity index (χ4n) is 4.46. The van der Waals surface area contributed by atoms with Crippen LogP contribution < -0.4 is 5.56 Å². The van der Waals surface area contributed by atoms with Crippen LogP contribution >= 0.6 is 11.6 Å². The van der Waals surface area contributed by atoms with Gasteiger partial charge in [0.2, 0.25) is 5.91 Å². The summed E-state index contributed by atoms with van der Waals surface area (Å²) in [5.41, 5.74) is 2.09. The van der Waals surface area contributed by atoms with Gasteiger partial charge in [-0.15, -0.1) is 0 Å². The van der Waals surface area contributed by atoms with Crippen molar-refractivity contribution in [3.63, 3.8) is 0 Å². The van der Waals surface area contributed by atoms with Crippen molar-refractivity contribution in [3.8, 4) is 5.69 Å². The Balaban J connectivity index is 1.58. The molecule has 6 nitrogen and oxygen atoms in total. The molecular weight excluding hydrogens is 486 g/mol. The van der Waals surface area contributed by atoms with Crippen LogP contribution in [0.15, 0.2) is 106 Å². The number of carbonyl (C=O) groups excluding carboxylic acids is 1. The highest BCUT2D eigenvalue weighted by atomic mass is 35.5. The van der Waals surface area contributed by atoms with Gasteiger partial charge in [-0.2, -0.15) is 0 Å². The van der Waals surface area contributed by atoms with Crippen LogP contribution in [0.4, 0.5) is 0 Å². The molecule has 186 valence electrons. The lowest BCUT2D eigenvalue weighted by atomic mass is 10.1. The van der Waals surface area contributed by atoms with Crippen LogP contribution in [0.25, 0.3) is 16.6 Å². The van der Waals surface area contributed by atoms with Crippen molar-refractivity contribution in [2.45, 2.75) is 32.4 Å². The van der Waals surface area contributed by atoms with E-state index >= 15 is 0 Å². The topological polar surface area (TPSA) is 68.3 Å². The number of amides is 1. The minimum Gasteiger partial charge on any atom is -0.467 e. The van der Waals surface area contributed by atoms with E-state index in [9.17, 15) is 9.59 Å². The second-order valence-corrected chi connectivity index (χ2v) is 9.30. The molecule has 0 saturated carbocycles. The monoisotopic (exact) mass is 511 g/mol. The minimum absolute atomic E-state index is 0.0576. The third-order valence-corrected chi connectivity index (χ3v) is 6.68. The standard InChI is InChI=1S/C30H26ClN3O3/c1-21(33(20-25-10-7-19-37-25)28(35)18-13-22-8-3-2-4-9-22)29-32-27-12-6-5-11-26(27)30(36)34(29)24-16-14-23(31)15-17-24/h2-12,14-17,19,21H,13,18,20H2,1H3. The molecule has 0 aliphatic carbocycles. The molecule has 5 aromatic rings. The molecule has 0 fully saturated rings. The minimum atomic E-state index is -0.527. The van der Waals surface area contributed by atoms with E-state index in [1.807, 2.05) is 61.5 Å². The van der Waals surface area contributed by atoms with Gasteiger partial charge >= 0.3 is 0 Å². The van der Waals surface area contributed by atoms with E-state index in [-0.39, 0.29) is 18.0 Å². The lowest BCUT2D eigenvalue weighted by Gasteiger charge is -2.30. The van der Waals surface area contributed by atoms with Gasteiger partial charge in [0, 0.05) is 11.4 Å². The Morgan fingerprint density at radius 3 is 2.43 bits per heavy atom. The summed E-state index contributed by atoms with van der Waals surface area (Å²) in [6.45, 7) is 2.15. The van der Waals surface area contributed by atoms with Crippen molar-refractivity contribution >= 4 is 28.4 Å². The fourth-order valence-corrected chi connectivity index (χ4v) is 4.59. The number of benzene rings is 3. The molecule has 0 N–H and O–H groups in total. The third kappa shape index (κ3) is 5.34. The predicted octanol–water partition coefficient (Wildman–Crippen LogP) is 6.35. The highest BCUT2D eigenvalue weighted by molar-refractivity contribution is 6.30. The Morgan fingerprint density at radius 2 is 1.70 bits per heavy atom. The first-order valence-corrected chi connectivity index (χ1v) is 12.5. The number of nitrogens with zero attached hydrogens (tertiary/aromatic N) is 3. The van der Waals surface area contributed by atoms with Crippen molar-refractivity contribution in [2.75, 3.05) is 0 Å². The molecule has 2 heterocycles. The Kier molecular flexibility index (Phi) is 7.19. The SMILES string of the molecule is CC(c1nc2ccccc2c(=O)n1-c1ccc(Cl)cc1)N(Cc1ccco1)C(=O)CCc1ccccc1. The maximum atomic E-state index is 13.7. The molecule has 0 spiro atoms. The maximum Gasteiger partial charge on any atom is 0.266 e. The molecular formula is C30H26ClN3O3.